The zero-order valence-electron chi connectivity index (χ0n) is 19.5. The fourth-order valence-corrected chi connectivity index (χ4v) is 7.09. The lowest BCUT2D eigenvalue weighted by Crippen LogP contribution is -2.45. The summed E-state index contributed by atoms with van der Waals surface area (Å²) in [6.45, 7) is 3.24. The van der Waals surface area contributed by atoms with Gasteiger partial charge in [0.1, 0.15) is 0 Å². The number of benzene rings is 2. The van der Waals surface area contributed by atoms with Crippen LogP contribution < -0.4 is 0 Å². The van der Waals surface area contributed by atoms with E-state index in [-0.39, 0.29) is 5.92 Å². The molecular formula is C29H37NO3. The third-order valence-electron chi connectivity index (χ3n) is 8.76. The van der Waals surface area contributed by atoms with Gasteiger partial charge in [0.05, 0.1) is 0 Å². The molecule has 4 nitrogen and oxygen atoms in total. The molecule has 3 unspecified atom stereocenters. The average Bonchev–Trinajstić information content (AvgIpc) is 3.07. The number of hydrogen-bond donors (Lipinski definition) is 2. The first kappa shape index (κ1) is 22.6. The number of aliphatic carboxylic acids is 1. The summed E-state index contributed by atoms with van der Waals surface area (Å²) >= 11 is 0. The summed E-state index contributed by atoms with van der Waals surface area (Å²) in [6, 6.07) is 18.6. The molecule has 2 bridgehead atoms. The van der Waals surface area contributed by atoms with Crippen molar-refractivity contribution in [2.24, 2.45) is 23.7 Å². The molecule has 2 aliphatic carbocycles. The van der Waals surface area contributed by atoms with E-state index in [1.54, 1.807) is 0 Å². The topological polar surface area (TPSA) is 60.8 Å². The molecule has 2 aromatic carbocycles. The molecule has 3 fully saturated rings. The van der Waals surface area contributed by atoms with Crippen LogP contribution in [0.3, 0.4) is 0 Å². The molecule has 3 aliphatic rings. The SMILES string of the molecule is O=C(O)C(O)(c1ccccc1CC1C2CCC1CN(Cc1ccccc1)C2)C1CCCCC1. The van der Waals surface area contributed by atoms with Crippen molar-refractivity contribution in [2.75, 3.05) is 13.1 Å². The minimum atomic E-state index is -1.77. The fourth-order valence-electron chi connectivity index (χ4n) is 7.09. The molecular weight excluding hydrogens is 410 g/mol. The van der Waals surface area contributed by atoms with Crippen molar-refractivity contribution in [3.05, 3.63) is 71.3 Å². The third kappa shape index (κ3) is 4.48. The van der Waals surface area contributed by atoms with Crippen molar-refractivity contribution in [1.29, 1.82) is 0 Å². The molecule has 1 aliphatic heterocycles. The second kappa shape index (κ2) is 9.60. The monoisotopic (exact) mass is 447 g/mol. The van der Waals surface area contributed by atoms with Crippen LogP contribution >= 0.6 is 0 Å². The van der Waals surface area contributed by atoms with Gasteiger partial charge in [-0.05, 0) is 66.5 Å². The zero-order chi connectivity index (χ0) is 22.8. The molecule has 2 aromatic rings. The summed E-state index contributed by atoms with van der Waals surface area (Å²) in [5.74, 6) is 0.584. The minimum absolute atomic E-state index is 0.200. The number of carboxylic acids is 1. The number of carbonyl (C=O) groups is 1. The number of hydrogen-bond acceptors (Lipinski definition) is 3. The first-order valence-corrected chi connectivity index (χ1v) is 12.9. The summed E-state index contributed by atoms with van der Waals surface area (Å²) in [5.41, 5.74) is 1.30. The van der Waals surface area contributed by atoms with E-state index in [1.807, 2.05) is 18.2 Å². The Morgan fingerprint density at radius 3 is 2.18 bits per heavy atom. The smallest absolute Gasteiger partial charge is 0.340 e. The Kier molecular flexibility index (Phi) is 6.58. The molecule has 5 rings (SSSR count). The van der Waals surface area contributed by atoms with Gasteiger partial charge in [-0.3, -0.25) is 4.90 Å². The number of aliphatic hydroxyl groups is 1. The second-order valence-corrected chi connectivity index (χ2v) is 10.7. The second-order valence-electron chi connectivity index (χ2n) is 10.7. The first-order chi connectivity index (χ1) is 16.1. The van der Waals surface area contributed by atoms with Crippen LogP contribution in [0.2, 0.25) is 0 Å². The first-order valence-electron chi connectivity index (χ1n) is 12.9. The summed E-state index contributed by atoms with van der Waals surface area (Å²) in [4.78, 5) is 15.1. The third-order valence-corrected chi connectivity index (χ3v) is 8.76. The molecule has 2 saturated carbocycles. The molecule has 4 heteroatoms. The highest BCUT2D eigenvalue weighted by Crippen LogP contribution is 2.46. The van der Waals surface area contributed by atoms with E-state index >= 15 is 0 Å². The van der Waals surface area contributed by atoms with E-state index in [9.17, 15) is 15.0 Å². The maximum Gasteiger partial charge on any atom is 0.340 e. The van der Waals surface area contributed by atoms with Crippen LogP contribution in [-0.4, -0.2) is 34.2 Å². The summed E-state index contributed by atoms with van der Waals surface area (Å²) in [6.07, 6.45) is 8.13. The van der Waals surface area contributed by atoms with Gasteiger partial charge in [0.25, 0.3) is 0 Å². The van der Waals surface area contributed by atoms with Gasteiger partial charge in [0.2, 0.25) is 0 Å². The van der Waals surface area contributed by atoms with Crippen molar-refractivity contribution >= 4 is 5.97 Å². The quantitative estimate of drug-likeness (QED) is 0.609. The van der Waals surface area contributed by atoms with Crippen LogP contribution in [0.5, 0.6) is 0 Å². The average molecular weight is 448 g/mol. The van der Waals surface area contributed by atoms with Gasteiger partial charge in [-0.25, -0.2) is 4.79 Å². The molecule has 33 heavy (non-hydrogen) atoms. The predicted molar refractivity (Wildman–Crippen MR) is 130 cm³/mol. The van der Waals surface area contributed by atoms with Crippen molar-refractivity contribution in [1.82, 2.24) is 4.90 Å². The van der Waals surface area contributed by atoms with Gasteiger partial charge >= 0.3 is 5.97 Å². The highest BCUT2D eigenvalue weighted by molar-refractivity contribution is 5.80. The van der Waals surface area contributed by atoms with Crippen LogP contribution in [0.15, 0.2) is 54.6 Å². The molecule has 0 amide bonds. The molecule has 0 radical (unpaired) electrons. The van der Waals surface area contributed by atoms with Gasteiger partial charge < -0.3 is 10.2 Å². The summed E-state index contributed by atoms with van der Waals surface area (Å²) in [7, 11) is 0. The van der Waals surface area contributed by atoms with E-state index < -0.39 is 11.6 Å². The van der Waals surface area contributed by atoms with E-state index in [4.69, 9.17) is 0 Å². The van der Waals surface area contributed by atoms with E-state index in [2.05, 4.69) is 41.3 Å². The Labute approximate surface area is 197 Å². The lowest BCUT2D eigenvalue weighted by atomic mass is 9.70. The van der Waals surface area contributed by atoms with E-state index in [0.717, 1.165) is 63.7 Å². The van der Waals surface area contributed by atoms with Crippen LogP contribution in [0.1, 0.15) is 61.6 Å². The number of likely N-dealkylation sites (tertiary alicyclic amines) is 1. The van der Waals surface area contributed by atoms with Crippen LogP contribution in [0, 0.1) is 23.7 Å². The Morgan fingerprint density at radius 2 is 1.52 bits per heavy atom. The van der Waals surface area contributed by atoms with Crippen molar-refractivity contribution in [3.8, 4) is 0 Å². The molecule has 176 valence electrons. The van der Waals surface area contributed by atoms with Gasteiger partial charge in [0, 0.05) is 25.6 Å². The van der Waals surface area contributed by atoms with Gasteiger partial charge in [-0.1, -0.05) is 73.9 Å². The van der Waals surface area contributed by atoms with Gasteiger partial charge in [0.15, 0.2) is 5.60 Å². The number of carboxylic acid groups (broad SMARTS) is 1. The van der Waals surface area contributed by atoms with E-state index in [0.29, 0.717) is 23.3 Å². The highest BCUT2D eigenvalue weighted by atomic mass is 16.4. The molecule has 3 atom stereocenters. The molecule has 0 aromatic heterocycles. The standard InChI is InChI=1S/C29H37NO3/c31-28(32)29(33,25-12-5-2-6-13-25)27-14-8-7-11-22(27)17-26-23-15-16-24(26)20-30(19-23)18-21-9-3-1-4-10-21/h1,3-4,7-11,14,23-26,33H,2,5-6,12-13,15-20H2,(H,31,32). The van der Waals surface area contributed by atoms with Crippen LogP contribution in [-0.2, 0) is 23.4 Å². The molecule has 2 N–H and O–H groups in total. The van der Waals surface area contributed by atoms with Crippen molar-refractivity contribution in [3.63, 3.8) is 0 Å². The van der Waals surface area contributed by atoms with Gasteiger partial charge in [-0.15, -0.1) is 0 Å². The normalized spacial score (nSPS) is 27.8. The molecule has 1 saturated heterocycles. The summed E-state index contributed by atoms with van der Waals surface area (Å²) < 4.78 is 0. The maximum atomic E-state index is 12.5. The van der Waals surface area contributed by atoms with Crippen LogP contribution in [0.4, 0.5) is 0 Å². The molecule has 0 spiro atoms. The van der Waals surface area contributed by atoms with Crippen molar-refractivity contribution < 1.29 is 15.0 Å². The number of rotatable bonds is 7. The summed E-state index contributed by atoms with van der Waals surface area (Å²) in [5, 5.41) is 21.8. The zero-order valence-corrected chi connectivity index (χ0v) is 19.5. The lowest BCUT2D eigenvalue weighted by molar-refractivity contribution is -0.168. The molecule has 1 heterocycles. The largest absolute Gasteiger partial charge is 0.479 e. The fraction of sp³-hybridized carbons (Fsp3) is 0.552. The Balaban J connectivity index is 1.35. The minimum Gasteiger partial charge on any atom is -0.479 e. The highest BCUT2D eigenvalue weighted by Gasteiger charge is 2.48. The van der Waals surface area contributed by atoms with Gasteiger partial charge in [-0.2, -0.15) is 0 Å². The van der Waals surface area contributed by atoms with Crippen LogP contribution in [0.25, 0.3) is 0 Å². The van der Waals surface area contributed by atoms with Crippen molar-refractivity contribution in [2.45, 2.75) is 63.5 Å². The predicted octanol–water partition coefficient (Wildman–Crippen LogP) is 5.24. The maximum absolute atomic E-state index is 12.5. The van der Waals surface area contributed by atoms with E-state index in [1.165, 1.54) is 18.4 Å². The Morgan fingerprint density at radius 1 is 0.879 bits per heavy atom. The Bertz CT molecular complexity index is 940. The Hall–Kier alpha value is -2.17. The number of nitrogens with zero attached hydrogens (tertiary/aromatic N) is 1. The number of fused-ring (bicyclic) bond motifs is 2. The number of piperidine rings is 1. The lowest BCUT2D eigenvalue weighted by Gasteiger charge is -2.40.